The van der Waals surface area contributed by atoms with E-state index >= 15 is 0 Å². The smallest absolute Gasteiger partial charge is 0.462 e. The van der Waals surface area contributed by atoms with Gasteiger partial charge in [-0.25, -0.2) is 9.13 Å². The van der Waals surface area contributed by atoms with E-state index in [-0.39, 0.29) is 25.7 Å². The third kappa shape index (κ3) is 77.6. The lowest BCUT2D eigenvalue weighted by Gasteiger charge is -2.21. The summed E-state index contributed by atoms with van der Waals surface area (Å²) in [6.45, 7) is 4.70. The molecule has 0 saturated heterocycles. The maximum Gasteiger partial charge on any atom is 0.472 e. The van der Waals surface area contributed by atoms with Gasteiger partial charge in [0.25, 0.3) is 0 Å². The van der Waals surface area contributed by atoms with E-state index in [9.17, 15) is 43.2 Å². The van der Waals surface area contributed by atoms with Crippen LogP contribution in [-0.4, -0.2) is 96.7 Å². The summed E-state index contributed by atoms with van der Waals surface area (Å²) < 4.78 is 68.5. The van der Waals surface area contributed by atoms with Crippen molar-refractivity contribution in [2.24, 2.45) is 0 Å². The first-order valence-electron chi connectivity index (χ1n) is 41.8. The van der Waals surface area contributed by atoms with Gasteiger partial charge in [0.2, 0.25) is 0 Å². The first-order chi connectivity index (χ1) is 51.7. The van der Waals surface area contributed by atoms with Gasteiger partial charge in [-0.05, 0) is 103 Å². The van der Waals surface area contributed by atoms with Crippen molar-refractivity contribution in [2.75, 3.05) is 39.6 Å². The molecule has 0 radical (unpaired) electrons. The number of phosphoric acid groups is 2. The van der Waals surface area contributed by atoms with Gasteiger partial charge in [0.05, 0.1) is 26.4 Å². The van der Waals surface area contributed by atoms with E-state index in [1.54, 1.807) is 0 Å². The van der Waals surface area contributed by atoms with Gasteiger partial charge in [-0.15, -0.1) is 0 Å². The molecule has 0 rings (SSSR count). The number of hydrogen-bond acceptors (Lipinski definition) is 15. The molecular formula is C87H150O17P2. The van der Waals surface area contributed by atoms with Crippen LogP contribution in [0.25, 0.3) is 0 Å². The maximum atomic E-state index is 13.1. The second-order valence-electron chi connectivity index (χ2n) is 27.7. The molecule has 0 aliphatic carbocycles. The lowest BCUT2D eigenvalue weighted by molar-refractivity contribution is -0.161. The number of rotatable bonds is 78. The minimum Gasteiger partial charge on any atom is -0.462 e. The first-order valence-corrected chi connectivity index (χ1v) is 44.8. The molecule has 0 amide bonds. The number of allylic oxidation sites excluding steroid dienone is 20. The van der Waals surface area contributed by atoms with E-state index in [0.717, 1.165) is 103 Å². The molecule has 17 nitrogen and oxygen atoms in total. The minimum atomic E-state index is -5.00. The van der Waals surface area contributed by atoms with Crippen LogP contribution in [0.4, 0.5) is 0 Å². The van der Waals surface area contributed by atoms with Crippen LogP contribution in [0.1, 0.15) is 349 Å². The van der Waals surface area contributed by atoms with Gasteiger partial charge < -0.3 is 33.8 Å². The number of aliphatic hydroxyl groups excluding tert-OH is 1. The molecule has 0 aromatic rings. The fraction of sp³-hybridized carbons (Fsp3) is 0.724. The highest BCUT2D eigenvalue weighted by atomic mass is 31.2. The third-order valence-electron chi connectivity index (χ3n) is 17.5. The lowest BCUT2D eigenvalue weighted by atomic mass is 10.0. The van der Waals surface area contributed by atoms with Crippen LogP contribution in [0.2, 0.25) is 0 Å². The van der Waals surface area contributed by atoms with E-state index in [0.29, 0.717) is 38.5 Å². The molecule has 0 spiro atoms. The van der Waals surface area contributed by atoms with Gasteiger partial charge in [-0.2, -0.15) is 0 Å². The summed E-state index contributed by atoms with van der Waals surface area (Å²) in [7, 11) is -10.0. The SMILES string of the molecule is CCCCC/C=C\C/C=C\C/C=C\C/C=C\C/C=C\CCC(=O)OC[C@H](COP(=O)(O)OC[C@@H](O)COP(=O)(O)OC[C@@H](COC(=O)CCCCCCCCCCCCCCC)OC(=O)CC/C=C\C/C=C\C/C=C\C/C=C\C/C=C\CCCCC)OC(=O)CCCCCCCCCCCCCCCCC. The first kappa shape index (κ1) is 101. The Hall–Kier alpha value is -4.54. The molecule has 0 saturated carbocycles. The van der Waals surface area contributed by atoms with Crippen molar-refractivity contribution in [3.8, 4) is 0 Å². The normalized spacial score (nSPS) is 14.4. The van der Waals surface area contributed by atoms with Gasteiger partial charge in [0, 0.05) is 25.7 Å². The van der Waals surface area contributed by atoms with Crippen molar-refractivity contribution in [2.45, 2.75) is 367 Å². The molecule has 0 aromatic carbocycles. The summed E-state index contributed by atoms with van der Waals surface area (Å²) in [6.07, 6.45) is 87.7. The molecule has 19 heteroatoms. The Balaban J connectivity index is 5.47. The Kier molecular flexibility index (Phi) is 75.2. The molecule has 0 fully saturated rings. The van der Waals surface area contributed by atoms with Crippen LogP contribution in [0, 0.1) is 0 Å². The predicted octanol–water partition coefficient (Wildman–Crippen LogP) is 24.7. The van der Waals surface area contributed by atoms with Gasteiger partial charge >= 0.3 is 39.5 Å². The van der Waals surface area contributed by atoms with Crippen LogP contribution >= 0.6 is 15.6 Å². The van der Waals surface area contributed by atoms with Crippen molar-refractivity contribution in [1.29, 1.82) is 0 Å². The number of unbranched alkanes of at least 4 members (excludes halogenated alkanes) is 32. The zero-order valence-corrected chi connectivity index (χ0v) is 68.6. The van der Waals surface area contributed by atoms with Crippen molar-refractivity contribution >= 4 is 39.5 Å². The molecule has 610 valence electrons. The van der Waals surface area contributed by atoms with E-state index in [1.807, 2.05) is 30.4 Å². The molecule has 106 heavy (non-hydrogen) atoms. The quantitative estimate of drug-likeness (QED) is 0.0169. The number of aliphatic hydroxyl groups is 1. The van der Waals surface area contributed by atoms with Crippen molar-refractivity contribution < 1.29 is 80.2 Å². The van der Waals surface area contributed by atoms with Crippen LogP contribution in [0.5, 0.6) is 0 Å². The molecule has 0 aromatic heterocycles. The van der Waals surface area contributed by atoms with E-state index in [4.69, 9.17) is 37.0 Å². The summed E-state index contributed by atoms with van der Waals surface area (Å²) in [5.74, 6) is -2.35. The topological polar surface area (TPSA) is 237 Å². The Morgan fingerprint density at radius 3 is 0.783 bits per heavy atom. The molecule has 3 N–H and O–H groups in total. The number of esters is 4. The highest BCUT2D eigenvalue weighted by Gasteiger charge is 2.30. The Bertz CT molecular complexity index is 2480. The molecule has 0 heterocycles. The largest absolute Gasteiger partial charge is 0.472 e. The van der Waals surface area contributed by atoms with E-state index < -0.39 is 97.5 Å². The van der Waals surface area contributed by atoms with Crippen molar-refractivity contribution in [1.82, 2.24) is 0 Å². The lowest BCUT2D eigenvalue weighted by Crippen LogP contribution is -2.30. The zero-order chi connectivity index (χ0) is 77.4. The van der Waals surface area contributed by atoms with E-state index in [2.05, 4.69) is 119 Å². The summed E-state index contributed by atoms with van der Waals surface area (Å²) in [6, 6.07) is 0. The van der Waals surface area contributed by atoms with Gasteiger partial charge in [0.15, 0.2) is 12.2 Å². The standard InChI is InChI=1S/C87H150O17P2/c1-5-9-13-17-21-25-29-33-36-38-40-42-45-48-52-56-60-64-68-72-85(90)98-78-83(103-86(91)73-69-65-61-57-53-49-44-35-31-27-23-19-15-11-7-3)80-102-106(95,96)100-76-81(88)75-99-105(93,94)101-79-82(77-97-84(89)71-67-63-59-55-51-47-32-28-24-20-16-12-8-4)104-87(92)74-70-66-62-58-54-50-46-43-41-39-37-34-30-26-22-18-14-10-6-2/h21-22,25-26,33-34,36-37,40-43,48,50,52,54,60,62,64,66,81-83,88H,5-20,23-24,27-32,35,38-39,44-47,49,51,53,55-59,61,63,65,67-80H2,1-4H3,(H,93,94)(H,95,96)/b25-21-,26-22-,36-33-,37-34-,42-40-,43-41-,52-48-,54-50-,64-60-,66-62-/t81-,82+,83+/m0/s1. The summed E-state index contributed by atoms with van der Waals surface area (Å²) in [5, 5.41) is 10.7. The zero-order valence-electron chi connectivity index (χ0n) is 66.8. The number of carbonyl (C=O) groups excluding carboxylic acids is 4. The molecule has 5 atom stereocenters. The molecule has 0 aliphatic heterocycles. The Labute approximate surface area is 644 Å². The van der Waals surface area contributed by atoms with Gasteiger partial charge in [-0.1, -0.05) is 342 Å². The fourth-order valence-corrected chi connectivity index (χ4v) is 12.6. The Morgan fingerprint density at radius 2 is 0.481 bits per heavy atom. The summed E-state index contributed by atoms with van der Waals surface area (Å²) in [5.41, 5.74) is 0. The second kappa shape index (κ2) is 78.6. The van der Waals surface area contributed by atoms with Gasteiger partial charge in [-0.3, -0.25) is 37.3 Å². The van der Waals surface area contributed by atoms with Crippen LogP contribution in [0.3, 0.4) is 0 Å². The number of ether oxygens (including phenoxy) is 4. The second-order valence-corrected chi connectivity index (χ2v) is 30.6. The highest BCUT2D eigenvalue weighted by molar-refractivity contribution is 7.47. The average Bonchev–Trinajstić information content (AvgIpc) is 0.902. The molecule has 2 unspecified atom stereocenters. The van der Waals surface area contributed by atoms with Crippen molar-refractivity contribution in [3.05, 3.63) is 122 Å². The highest BCUT2D eigenvalue weighted by Crippen LogP contribution is 2.45. The van der Waals surface area contributed by atoms with Gasteiger partial charge in [0.1, 0.15) is 19.3 Å². The van der Waals surface area contributed by atoms with Crippen molar-refractivity contribution in [3.63, 3.8) is 0 Å². The monoisotopic (exact) mass is 1530 g/mol. The number of hydrogen-bond donors (Lipinski definition) is 3. The number of carbonyl (C=O) groups is 4. The number of phosphoric ester groups is 2. The summed E-state index contributed by atoms with van der Waals surface area (Å²) in [4.78, 5) is 73.0. The van der Waals surface area contributed by atoms with Crippen LogP contribution < -0.4 is 0 Å². The third-order valence-corrected chi connectivity index (χ3v) is 19.4. The average molecular weight is 1530 g/mol. The van der Waals surface area contributed by atoms with E-state index in [1.165, 1.54) is 154 Å². The minimum absolute atomic E-state index is 0.0295. The van der Waals surface area contributed by atoms with Crippen LogP contribution in [-0.2, 0) is 65.4 Å². The molecule has 0 aliphatic rings. The molecular weight excluding hydrogens is 1380 g/mol. The maximum absolute atomic E-state index is 13.1. The van der Waals surface area contributed by atoms with Crippen LogP contribution in [0.15, 0.2) is 122 Å². The molecule has 0 bridgehead atoms. The predicted molar refractivity (Wildman–Crippen MR) is 436 cm³/mol. The summed E-state index contributed by atoms with van der Waals surface area (Å²) >= 11 is 0. The Morgan fingerprint density at radius 1 is 0.264 bits per heavy atom. The fourth-order valence-electron chi connectivity index (χ4n) is 11.1.